The lowest BCUT2D eigenvalue weighted by atomic mass is 10.1. The van der Waals surface area contributed by atoms with Gasteiger partial charge in [-0.3, -0.25) is 4.68 Å². The molecule has 0 radical (unpaired) electrons. The lowest BCUT2D eigenvalue weighted by molar-refractivity contribution is 0.751. The summed E-state index contributed by atoms with van der Waals surface area (Å²) in [5.74, 6) is 2.14. The van der Waals surface area contributed by atoms with Gasteiger partial charge in [-0.15, -0.1) is 0 Å². The molecular weight excluding hydrogens is 448 g/mol. The van der Waals surface area contributed by atoms with Crippen LogP contribution in [0.2, 0.25) is 0 Å². The van der Waals surface area contributed by atoms with E-state index in [-0.39, 0.29) is 0 Å². The predicted molar refractivity (Wildman–Crippen MR) is 145 cm³/mol. The number of nitrogens with zero attached hydrogens (tertiary/aromatic N) is 6. The number of aromatic nitrogens is 6. The van der Waals surface area contributed by atoms with Crippen LogP contribution in [0.1, 0.15) is 11.3 Å². The second-order valence-corrected chi connectivity index (χ2v) is 8.97. The molecule has 6 rings (SSSR count). The lowest BCUT2D eigenvalue weighted by Gasteiger charge is -2.19. The molecule has 0 aliphatic carbocycles. The maximum Gasteiger partial charge on any atom is 0.229 e. The standard InChI is InChI=1S/C28H26N8/c1-17-9-10-19(15-22(17)27-31-23-7-5-6-8-24(23)32-27)30-28-29-14-13-26(33-28)35(3)20-11-12-21-18(2)36(4)34-25(21)16-20/h5-16H,1-4H3,(H,31,32)(H,29,30,33). The Bertz CT molecular complexity index is 1700. The number of para-hydroxylation sites is 2. The van der Waals surface area contributed by atoms with Crippen LogP contribution in [0.3, 0.4) is 0 Å². The molecule has 3 heterocycles. The van der Waals surface area contributed by atoms with E-state index < -0.39 is 0 Å². The smallest absolute Gasteiger partial charge is 0.229 e. The number of benzene rings is 3. The van der Waals surface area contributed by atoms with E-state index in [1.54, 1.807) is 6.20 Å². The molecule has 3 aromatic carbocycles. The van der Waals surface area contributed by atoms with Gasteiger partial charge in [-0.2, -0.15) is 10.1 Å². The second-order valence-electron chi connectivity index (χ2n) is 8.97. The van der Waals surface area contributed by atoms with Crippen molar-refractivity contribution in [1.29, 1.82) is 0 Å². The van der Waals surface area contributed by atoms with Crippen LogP contribution >= 0.6 is 0 Å². The molecule has 0 spiro atoms. The Hall–Kier alpha value is -4.72. The molecule has 0 bridgehead atoms. The van der Waals surface area contributed by atoms with Crippen LogP contribution in [0, 0.1) is 13.8 Å². The van der Waals surface area contributed by atoms with Crippen molar-refractivity contribution in [2.24, 2.45) is 7.05 Å². The van der Waals surface area contributed by atoms with E-state index in [0.717, 1.165) is 61.8 Å². The summed E-state index contributed by atoms with van der Waals surface area (Å²) in [4.78, 5) is 19.4. The number of rotatable bonds is 5. The molecule has 0 fully saturated rings. The van der Waals surface area contributed by atoms with Crippen LogP contribution in [0.5, 0.6) is 0 Å². The molecule has 36 heavy (non-hydrogen) atoms. The summed E-state index contributed by atoms with van der Waals surface area (Å²) in [5.41, 5.74) is 8.13. The molecule has 0 aliphatic heterocycles. The lowest BCUT2D eigenvalue weighted by Crippen LogP contribution is -2.12. The van der Waals surface area contributed by atoms with Crippen LogP contribution in [0.15, 0.2) is 72.9 Å². The van der Waals surface area contributed by atoms with Gasteiger partial charge >= 0.3 is 0 Å². The first-order valence-corrected chi connectivity index (χ1v) is 11.8. The molecule has 0 saturated heterocycles. The van der Waals surface area contributed by atoms with Crippen molar-refractivity contribution in [1.82, 2.24) is 29.7 Å². The summed E-state index contributed by atoms with van der Waals surface area (Å²) in [6.45, 7) is 4.16. The fourth-order valence-electron chi connectivity index (χ4n) is 4.42. The van der Waals surface area contributed by atoms with Gasteiger partial charge < -0.3 is 15.2 Å². The van der Waals surface area contributed by atoms with Crippen molar-refractivity contribution in [3.63, 3.8) is 0 Å². The SMILES string of the molecule is Cc1ccc(Nc2nccc(N(C)c3ccc4c(C)n(C)nc4c3)n2)cc1-c1nc2ccccc2[nH]1. The first kappa shape index (κ1) is 21.8. The second kappa shape index (κ2) is 8.49. The van der Waals surface area contributed by atoms with Gasteiger partial charge in [0, 0.05) is 48.3 Å². The van der Waals surface area contributed by atoms with Gasteiger partial charge in [0.1, 0.15) is 11.6 Å². The summed E-state index contributed by atoms with van der Waals surface area (Å²) in [6, 6.07) is 22.4. The Kier molecular flexibility index (Phi) is 5.14. The van der Waals surface area contributed by atoms with Crippen LogP contribution in [-0.4, -0.2) is 36.8 Å². The highest BCUT2D eigenvalue weighted by Gasteiger charge is 2.13. The number of aromatic amines is 1. The number of fused-ring (bicyclic) bond motifs is 2. The molecule has 0 saturated carbocycles. The van der Waals surface area contributed by atoms with Gasteiger partial charge in [0.15, 0.2) is 0 Å². The maximum atomic E-state index is 4.76. The van der Waals surface area contributed by atoms with Gasteiger partial charge in [0.2, 0.25) is 5.95 Å². The highest BCUT2D eigenvalue weighted by molar-refractivity contribution is 5.86. The topological polar surface area (TPSA) is 87.6 Å². The molecular formula is C28H26N8. The third-order valence-electron chi connectivity index (χ3n) is 6.62. The normalized spacial score (nSPS) is 11.3. The van der Waals surface area contributed by atoms with Gasteiger partial charge in [0.25, 0.3) is 0 Å². The third-order valence-corrected chi connectivity index (χ3v) is 6.62. The Morgan fingerprint density at radius 2 is 1.78 bits per heavy atom. The zero-order chi connectivity index (χ0) is 24.8. The van der Waals surface area contributed by atoms with E-state index in [0.29, 0.717) is 5.95 Å². The number of hydrogen-bond donors (Lipinski definition) is 2. The van der Waals surface area contributed by atoms with E-state index in [4.69, 9.17) is 9.97 Å². The Labute approximate surface area is 208 Å². The molecule has 178 valence electrons. The number of hydrogen-bond acceptors (Lipinski definition) is 6. The zero-order valence-electron chi connectivity index (χ0n) is 20.6. The Morgan fingerprint density at radius 3 is 2.64 bits per heavy atom. The highest BCUT2D eigenvalue weighted by Crippen LogP contribution is 2.29. The quantitative estimate of drug-likeness (QED) is 0.317. The monoisotopic (exact) mass is 474 g/mol. The summed E-state index contributed by atoms with van der Waals surface area (Å²) in [7, 11) is 3.96. The van der Waals surface area contributed by atoms with Crippen molar-refractivity contribution >= 4 is 45.1 Å². The summed E-state index contributed by atoms with van der Waals surface area (Å²) >= 11 is 0. The summed E-state index contributed by atoms with van der Waals surface area (Å²) in [5, 5.41) is 9.12. The first-order valence-electron chi connectivity index (χ1n) is 11.8. The minimum absolute atomic E-state index is 0.522. The Balaban J connectivity index is 1.28. The van der Waals surface area contributed by atoms with Crippen molar-refractivity contribution in [2.45, 2.75) is 13.8 Å². The van der Waals surface area contributed by atoms with Gasteiger partial charge in [0.05, 0.1) is 16.6 Å². The van der Waals surface area contributed by atoms with E-state index in [1.807, 2.05) is 60.1 Å². The zero-order valence-corrected chi connectivity index (χ0v) is 20.6. The van der Waals surface area contributed by atoms with E-state index in [1.165, 1.54) is 0 Å². The van der Waals surface area contributed by atoms with Crippen LogP contribution in [-0.2, 0) is 7.05 Å². The maximum absolute atomic E-state index is 4.76. The number of nitrogens with one attached hydrogen (secondary N) is 2. The fraction of sp³-hybridized carbons (Fsp3) is 0.143. The van der Waals surface area contributed by atoms with E-state index >= 15 is 0 Å². The van der Waals surface area contributed by atoms with Crippen molar-refractivity contribution < 1.29 is 0 Å². The number of aryl methyl sites for hydroxylation is 3. The van der Waals surface area contributed by atoms with Gasteiger partial charge in [-0.25, -0.2) is 9.97 Å². The number of imidazole rings is 1. The van der Waals surface area contributed by atoms with Gasteiger partial charge in [-0.05, 0) is 67.9 Å². The molecule has 8 nitrogen and oxygen atoms in total. The number of anilines is 4. The molecule has 0 atom stereocenters. The minimum Gasteiger partial charge on any atom is -0.338 e. The van der Waals surface area contributed by atoms with Crippen LogP contribution in [0.4, 0.5) is 23.1 Å². The fourth-order valence-corrected chi connectivity index (χ4v) is 4.42. The molecule has 2 N–H and O–H groups in total. The molecule has 3 aromatic heterocycles. The van der Waals surface area contributed by atoms with Crippen LogP contribution < -0.4 is 10.2 Å². The Morgan fingerprint density at radius 1 is 0.917 bits per heavy atom. The minimum atomic E-state index is 0.522. The molecule has 8 heteroatoms. The van der Waals surface area contributed by atoms with Crippen LogP contribution in [0.25, 0.3) is 33.3 Å². The van der Waals surface area contributed by atoms with Gasteiger partial charge in [-0.1, -0.05) is 18.2 Å². The van der Waals surface area contributed by atoms with Crippen molar-refractivity contribution in [3.05, 3.63) is 84.2 Å². The third kappa shape index (κ3) is 3.82. The summed E-state index contributed by atoms with van der Waals surface area (Å²) in [6.07, 6.45) is 1.76. The average Bonchev–Trinajstić information content (AvgIpc) is 3.45. The van der Waals surface area contributed by atoms with E-state index in [9.17, 15) is 0 Å². The first-order chi connectivity index (χ1) is 17.5. The average molecular weight is 475 g/mol. The van der Waals surface area contributed by atoms with Crippen molar-refractivity contribution in [3.8, 4) is 11.4 Å². The molecule has 6 aromatic rings. The molecule has 0 unspecified atom stereocenters. The summed E-state index contributed by atoms with van der Waals surface area (Å²) < 4.78 is 1.91. The number of H-pyrrole nitrogens is 1. The predicted octanol–water partition coefficient (Wildman–Crippen LogP) is 6.03. The molecule has 0 amide bonds. The largest absolute Gasteiger partial charge is 0.338 e. The van der Waals surface area contributed by atoms with E-state index in [2.05, 4.69) is 64.6 Å². The highest BCUT2D eigenvalue weighted by atomic mass is 15.3. The molecule has 0 aliphatic rings. The van der Waals surface area contributed by atoms with Crippen molar-refractivity contribution in [2.75, 3.05) is 17.3 Å².